The topological polar surface area (TPSA) is 41.5 Å². The molecule has 94 valence electrons. The van der Waals surface area contributed by atoms with Crippen LogP contribution in [0.4, 0.5) is 0 Å². The van der Waals surface area contributed by atoms with E-state index in [0.717, 1.165) is 19.4 Å². The first kappa shape index (κ1) is 12.7. The van der Waals surface area contributed by atoms with Crippen LogP contribution in [-0.4, -0.2) is 47.5 Å². The minimum Gasteiger partial charge on any atom is -0.388 e. The van der Waals surface area contributed by atoms with Crippen molar-refractivity contribution in [1.82, 2.24) is 5.32 Å². The first-order valence-electron chi connectivity index (χ1n) is 6.35. The van der Waals surface area contributed by atoms with E-state index in [4.69, 9.17) is 4.74 Å². The summed E-state index contributed by atoms with van der Waals surface area (Å²) in [5, 5.41) is 14.6. The second-order valence-corrected chi connectivity index (χ2v) is 6.53. The summed E-state index contributed by atoms with van der Waals surface area (Å²) >= 11 is 2.04. The fraction of sp³-hybridized carbons (Fsp3) is 1.00. The molecule has 2 heterocycles. The predicted molar refractivity (Wildman–Crippen MR) is 67.9 cm³/mol. The molecule has 2 atom stereocenters. The van der Waals surface area contributed by atoms with Gasteiger partial charge in [-0.25, -0.2) is 0 Å². The van der Waals surface area contributed by atoms with E-state index in [1.807, 2.05) is 11.8 Å². The third kappa shape index (κ3) is 3.36. The first-order valence-corrected chi connectivity index (χ1v) is 7.40. The molecule has 2 unspecified atom stereocenters. The Morgan fingerprint density at radius 1 is 1.44 bits per heavy atom. The van der Waals surface area contributed by atoms with Crippen molar-refractivity contribution in [3.8, 4) is 0 Å². The minimum absolute atomic E-state index is 0.528. The second-order valence-electron chi connectivity index (χ2n) is 5.04. The van der Waals surface area contributed by atoms with Crippen LogP contribution in [0.2, 0.25) is 0 Å². The van der Waals surface area contributed by atoms with Gasteiger partial charge in [0.1, 0.15) is 0 Å². The molecule has 3 nitrogen and oxygen atoms in total. The van der Waals surface area contributed by atoms with Crippen LogP contribution in [0, 0.1) is 0 Å². The highest BCUT2D eigenvalue weighted by Gasteiger charge is 2.31. The van der Waals surface area contributed by atoms with Gasteiger partial charge in [0.05, 0.1) is 5.60 Å². The van der Waals surface area contributed by atoms with Crippen LogP contribution < -0.4 is 5.32 Å². The molecule has 2 aliphatic heterocycles. The molecule has 0 bridgehead atoms. The van der Waals surface area contributed by atoms with Gasteiger partial charge in [-0.2, -0.15) is 11.8 Å². The number of thioether (sulfide) groups is 1. The van der Waals surface area contributed by atoms with Gasteiger partial charge in [0.25, 0.3) is 0 Å². The van der Waals surface area contributed by atoms with Gasteiger partial charge in [-0.05, 0) is 18.6 Å². The molecule has 0 aromatic rings. The SMILES string of the molecule is CC1SCCCC1NCC1(O)CCOCC1. The van der Waals surface area contributed by atoms with Crippen molar-refractivity contribution in [2.24, 2.45) is 0 Å². The Morgan fingerprint density at radius 3 is 2.88 bits per heavy atom. The number of rotatable bonds is 3. The molecule has 0 radical (unpaired) electrons. The largest absolute Gasteiger partial charge is 0.388 e. The highest BCUT2D eigenvalue weighted by Crippen LogP contribution is 2.26. The highest BCUT2D eigenvalue weighted by atomic mass is 32.2. The van der Waals surface area contributed by atoms with Crippen molar-refractivity contribution in [2.45, 2.75) is 49.5 Å². The van der Waals surface area contributed by atoms with Gasteiger partial charge in [-0.15, -0.1) is 0 Å². The van der Waals surface area contributed by atoms with Crippen molar-refractivity contribution < 1.29 is 9.84 Å². The molecule has 2 aliphatic rings. The van der Waals surface area contributed by atoms with Crippen molar-refractivity contribution in [2.75, 3.05) is 25.5 Å². The zero-order valence-electron chi connectivity index (χ0n) is 10.1. The maximum Gasteiger partial charge on any atom is 0.0815 e. The molecule has 0 aromatic heterocycles. The van der Waals surface area contributed by atoms with Crippen LogP contribution in [-0.2, 0) is 4.74 Å². The van der Waals surface area contributed by atoms with Gasteiger partial charge in [-0.3, -0.25) is 0 Å². The zero-order valence-corrected chi connectivity index (χ0v) is 10.9. The van der Waals surface area contributed by atoms with E-state index in [1.165, 1.54) is 18.6 Å². The van der Waals surface area contributed by atoms with E-state index in [9.17, 15) is 5.11 Å². The monoisotopic (exact) mass is 245 g/mol. The Morgan fingerprint density at radius 2 is 2.19 bits per heavy atom. The van der Waals surface area contributed by atoms with E-state index in [0.29, 0.717) is 24.5 Å². The molecule has 0 aliphatic carbocycles. The zero-order chi connectivity index (χ0) is 11.4. The Balaban J connectivity index is 1.76. The summed E-state index contributed by atoms with van der Waals surface area (Å²) in [7, 11) is 0. The van der Waals surface area contributed by atoms with Gasteiger partial charge >= 0.3 is 0 Å². The molecular formula is C12H23NO2S. The predicted octanol–water partition coefficient (Wildman–Crippen LogP) is 1.40. The van der Waals surface area contributed by atoms with Gasteiger partial charge in [0.15, 0.2) is 0 Å². The van der Waals surface area contributed by atoms with Crippen molar-refractivity contribution in [3.05, 3.63) is 0 Å². The summed E-state index contributed by atoms with van der Waals surface area (Å²) in [5.41, 5.74) is -0.528. The van der Waals surface area contributed by atoms with Crippen LogP contribution in [0.25, 0.3) is 0 Å². The number of hydrogen-bond acceptors (Lipinski definition) is 4. The highest BCUT2D eigenvalue weighted by molar-refractivity contribution is 7.99. The molecule has 2 rings (SSSR count). The lowest BCUT2D eigenvalue weighted by Crippen LogP contribution is -2.50. The molecule has 0 saturated carbocycles. The molecule has 0 spiro atoms. The smallest absolute Gasteiger partial charge is 0.0815 e. The van der Waals surface area contributed by atoms with E-state index in [1.54, 1.807) is 0 Å². The average Bonchev–Trinajstić information content (AvgIpc) is 2.29. The number of nitrogens with one attached hydrogen (secondary N) is 1. The van der Waals surface area contributed by atoms with Gasteiger partial charge < -0.3 is 15.2 Å². The minimum atomic E-state index is -0.528. The molecule has 2 fully saturated rings. The lowest BCUT2D eigenvalue weighted by molar-refractivity contribution is -0.0628. The normalized spacial score (nSPS) is 34.9. The summed E-state index contributed by atoms with van der Waals surface area (Å²) < 4.78 is 5.29. The number of ether oxygens (including phenoxy) is 1. The average molecular weight is 245 g/mol. The lowest BCUT2D eigenvalue weighted by atomic mass is 9.93. The molecule has 16 heavy (non-hydrogen) atoms. The Bertz CT molecular complexity index is 219. The van der Waals surface area contributed by atoms with Crippen molar-refractivity contribution >= 4 is 11.8 Å². The fourth-order valence-corrected chi connectivity index (χ4v) is 3.61. The first-order chi connectivity index (χ1) is 7.70. The van der Waals surface area contributed by atoms with Crippen molar-refractivity contribution in [3.63, 3.8) is 0 Å². The number of hydrogen-bond donors (Lipinski definition) is 2. The van der Waals surface area contributed by atoms with E-state index in [2.05, 4.69) is 12.2 Å². The third-order valence-corrected chi connectivity index (χ3v) is 5.10. The van der Waals surface area contributed by atoms with Gasteiger partial charge in [0.2, 0.25) is 0 Å². The third-order valence-electron chi connectivity index (χ3n) is 3.72. The molecule has 2 saturated heterocycles. The maximum absolute atomic E-state index is 10.3. The summed E-state index contributed by atoms with van der Waals surface area (Å²) in [5.74, 6) is 1.29. The number of aliphatic hydroxyl groups is 1. The van der Waals surface area contributed by atoms with Gasteiger partial charge in [0, 0.05) is 43.9 Å². The quantitative estimate of drug-likeness (QED) is 0.789. The standard InChI is InChI=1S/C12H23NO2S/c1-10-11(3-2-8-16-10)13-9-12(14)4-6-15-7-5-12/h10-11,13-14H,2-9H2,1H3. The van der Waals surface area contributed by atoms with Crippen LogP contribution in [0.15, 0.2) is 0 Å². The summed E-state index contributed by atoms with van der Waals surface area (Å²) in [6, 6.07) is 0.575. The Kier molecular flexibility index (Phi) is 4.53. The van der Waals surface area contributed by atoms with Crippen LogP contribution in [0.1, 0.15) is 32.6 Å². The van der Waals surface area contributed by atoms with Crippen molar-refractivity contribution in [1.29, 1.82) is 0 Å². The molecular weight excluding hydrogens is 222 g/mol. The van der Waals surface area contributed by atoms with Gasteiger partial charge in [-0.1, -0.05) is 6.92 Å². The molecule has 2 N–H and O–H groups in total. The summed E-state index contributed by atoms with van der Waals surface area (Å²) in [4.78, 5) is 0. The maximum atomic E-state index is 10.3. The molecule has 0 aromatic carbocycles. The van der Waals surface area contributed by atoms with E-state index in [-0.39, 0.29) is 0 Å². The van der Waals surface area contributed by atoms with Crippen LogP contribution >= 0.6 is 11.8 Å². The molecule has 4 heteroatoms. The summed E-state index contributed by atoms with van der Waals surface area (Å²) in [6.07, 6.45) is 4.09. The Hall–Kier alpha value is 0.230. The van der Waals surface area contributed by atoms with E-state index >= 15 is 0 Å². The second kappa shape index (κ2) is 5.71. The van der Waals surface area contributed by atoms with Crippen LogP contribution in [0.5, 0.6) is 0 Å². The Labute approximate surface area is 102 Å². The lowest BCUT2D eigenvalue weighted by Gasteiger charge is -2.36. The molecule has 0 amide bonds. The van der Waals surface area contributed by atoms with Crippen LogP contribution in [0.3, 0.4) is 0 Å². The summed E-state index contributed by atoms with van der Waals surface area (Å²) in [6.45, 7) is 4.42. The fourth-order valence-electron chi connectivity index (χ4n) is 2.44. The van der Waals surface area contributed by atoms with E-state index < -0.39 is 5.60 Å².